The van der Waals surface area contributed by atoms with Gasteiger partial charge in [0.15, 0.2) is 0 Å². The van der Waals surface area contributed by atoms with Crippen LogP contribution in [0.15, 0.2) is 29.6 Å². The molecule has 0 aliphatic carbocycles. The summed E-state index contributed by atoms with van der Waals surface area (Å²) in [5.74, 6) is 0.0866. The molecule has 1 amide bonds. The SMILES string of the molecule is COCCN(Cc1cccs1)C(=O)c1ccc(C)s1. The van der Waals surface area contributed by atoms with E-state index in [2.05, 4.69) is 6.07 Å². The molecule has 2 aromatic rings. The van der Waals surface area contributed by atoms with E-state index in [-0.39, 0.29) is 5.91 Å². The highest BCUT2D eigenvalue weighted by atomic mass is 32.1. The molecular formula is C14H17NO2S2. The number of rotatable bonds is 6. The Morgan fingerprint density at radius 3 is 2.79 bits per heavy atom. The van der Waals surface area contributed by atoms with E-state index in [1.165, 1.54) is 4.88 Å². The minimum atomic E-state index is 0.0866. The first-order valence-corrected chi connectivity index (χ1v) is 7.77. The van der Waals surface area contributed by atoms with Crippen molar-refractivity contribution in [3.63, 3.8) is 0 Å². The molecule has 2 heterocycles. The van der Waals surface area contributed by atoms with Gasteiger partial charge in [0.05, 0.1) is 18.0 Å². The van der Waals surface area contributed by atoms with E-state index < -0.39 is 0 Å². The molecule has 19 heavy (non-hydrogen) atoms. The highest BCUT2D eigenvalue weighted by molar-refractivity contribution is 7.14. The van der Waals surface area contributed by atoms with Crippen molar-refractivity contribution in [1.82, 2.24) is 4.90 Å². The molecule has 2 aromatic heterocycles. The van der Waals surface area contributed by atoms with E-state index in [0.29, 0.717) is 19.7 Å². The fraction of sp³-hybridized carbons (Fsp3) is 0.357. The van der Waals surface area contributed by atoms with Crippen LogP contribution in [0.3, 0.4) is 0 Å². The molecule has 2 rings (SSSR count). The van der Waals surface area contributed by atoms with Gasteiger partial charge in [0.25, 0.3) is 5.91 Å². The molecule has 0 atom stereocenters. The summed E-state index contributed by atoms with van der Waals surface area (Å²) in [6, 6.07) is 7.94. The molecule has 0 saturated heterocycles. The highest BCUT2D eigenvalue weighted by Crippen LogP contribution is 2.19. The van der Waals surface area contributed by atoms with Gasteiger partial charge in [-0.05, 0) is 30.5 Å². The highest BCUT2D eigenvalue weighted by Gasteiger charge is 2.17. The predicted molar refractivity (Wildman–Crippen MR) is 80.0 cm³/mol. The lowest BCUT2D eigenvalue weighted by atomic mass is 10.3. The molecule has 102 valence electrons. The van der Waals surface area contributed by atoms with Gasteiger partial charge >= 0.3 is 0 Å². The van der Waals surface area contributed by atoms with Gasteiger partial charge < -0.3 is 9.64 Å². The lowest BCUT2D eigenvalue weighted by Gasteiger charge is -2.21. The largest absolute Gasteiger partial charge is 0.383 e. The summed E-state index contributed by atoms with van der Waals surface area (Å²) in [7, 11) is 1.66. The number of carbonyl (C=O) groups excluding carboxylic acids is 1. The topological polar surface area (TPSA) is 29.5 Å². The molecule has 5 heteroatoms. The molecule has 3 nitrogen and oxygen atoms in total. The maximum absolute atomic E-state index is 12.5. The Hall–Kier alpha value is -1.17. The Morgan fingerprint density at radius 1 is 1.37 bits per heavy atom. The van der Waals surface area contributed by atoms with Crippen LogP contribution in [0.25, 0.3) is 0 Å². The van der Waals surface area contributed by atoms with Crippen LogP contribution in [0.5, 0.6) is 0 Å². The van der Waals surface area contributed by atoms with Crippen LogP contribution in [-0.4, -0.2) is 31.1 Å². The van der Waals surface area contributed by atoms with Crippen molar-refractivity contribution in [2.75, 3.05) is 20.3 Å². The second-order valence-electron chi connectivity index (χ2n) is 4.21. The smallest absolute Gasteiger partial charge is 0.264 e. The van der Waals surface area contributed by atoms with Gasteiger partial charge in [-0.1, -0.05) is 6.07 Å². The van der Waals surface area contributed by atoms with Gasteiger partial charge in [0.1, 0.15) is 0 Å². The molecule has 0 aromatic carbocycles. The molecular weight excluding hydrogens is 278 g/mol. The molecule has 0 N–H and O–H groups in total. The lowest BCUT2D eigenvalue weighted by Crippen LogP contribution is -2.32. The van der Waals surface area contributed by atoms with Crippen molar-refractivity contribution in [3.8, 4) is 0 Å². The van der Waals surface area contributed by atoms with Crippen molar-refractivity contribution >= 4 is 28.6 Å². The Balaban J connectivity index is 2.10. The van der Waals surface area contributed by atoms with Crippen LogP contribution in [0, 0.1) is 6.92 Å². The third-order valence-corrected chi connectivity index (χ3v) is 4.58. The Bertz CT molecular complexity index is 519. The van der Waals surface area contributed by atoms with Crippen LogP contribution in [-0.2, 0) is 11.3 Å². The van der Waals surface area contributed by atoms with Gasteiger partial charge in [-0.25, -0.2) is 0 Å². The number of thiophene rings is 2. The van der Waals surface area contributed by atoms with E-state index in [0.717, 1.165) is 9.75 Å². The summed E-state index contributed by atoms with van der Waals surface area (Å²) < 4.78 is 5.10. The van der Waals surface area contributed by atoms with E-state index in [9.17, 15) is 4.79 Å². The van der Waals surface area contributed by atoms with Crippen LogP contribution in [0.2, 0.25) is 0 Å². The van der Waals surface area contributed by atoms with Gasteiger partial charge in [-0.15, -0.1) is 22.7 Å². The molecule has 0 saturated carbocycles. The predicted octanol–water partition coefficient (Wildman–Crippen LogP) is 3.41. The summed E-state index contributed by atoms with van der Waals surface area (Å²) in [5.41, 5.74) is 0. The standard InChI is InChI=1S/C14H17NO2S2/c1-11-5-6-13(19-11)14(16)15(7-8-17-2)10-12-4-3-9-18-12/h3-6,9H,7-8,10H2,1-2H3. The number of ether oxygens (including phenoxy) is 1. The average Bonchev–Trinajstić information content (AvgIpc) is 3.05. The zero-order chi connectivity index (χ0) is 13.7. The number of nitrogens with zero attached hydrogens (tertiary/aromatic N) is 1. The van der Waals surface area contributed by atoms with Gasteiger partial charge in [-0.3, -0.25) is 4.79 Å². The second-order valence-corrected chi connectivity index (χ2v) is 6.53. The Morgan fingerprint density at radius 2 is 2.21 bits per heavy atom. The summed E-state index contributed by atoms with van der Waals surface area (Å²) in [6.07, 6.45) is 0. The Labute approximate surface area is 121 Å². The van der Waals surface area contributed by atoms with E-state index in [1.807, 2.05) is 35.4 Å². The van der Waals surface area contributed by atoms with Crippen molar-refractivity contribution < 1.29 is 9.53 Å². The van der Waals surface area contributed by atoms with E-state index >= 15 is 0 Å². The summed E-state index contributed by atoms with van der Waals surface area (Å²) in [6.45, 7) is 3.84. The monoisotopic (exact) mass is 295 g/mol. The normalized spacial score (nSPS) is 10.6. The number of methoxy groups -OCH3 is 1. The first kappa shape index (κ1) is 14.2. The lowest BCUT2D eigenvalue weighted by molar-refractivity contribution is 0.0687. The maximum Gasteiger partial charge on any atom is 0.264 e. The van der Waals surface area contributed by atoms with Crippen LogP contribution in [0.4, 0.5) is 0 Å². The van der Waals surface area contributed by atoms with Crippen molar-refractivity contribution in [3.05, 3.63) is 44.3 Å². The number of hydrogen-bond donors (Lipinski definition) is 0. The van der Waals surface area contributed by atoms with Gasteiger partial charge in [-0.2, -0.15) is 0 Å². The van der Waals surface area contributed by atoms with Gasteiger partial charge in [0, 0.05) is 23.4 Å². The number of amides is 1. The zero-order valence-electron chi connectivity index (χ0n) is 11.1. The minimum Gasteiger partial charge on any atom is -0.383 e. The third-order valence-electron chi connectivity index (χ3n) is 2.73. The van der Waals surface area contributed by atoms with Crippen molar-refractivity contribution in [1.29, 1.82) is 0 Å². The van der Waals surface area contributed by atoms with Gasteiger partial charge in [0.2, 0.25) is 0 Å². The zero-order valence-corrected chi connectivity index (χ0v) is 12.7. The summed E-state index contributed by atoms with van der Waals surface area (Å²) in [5, 5.41) is 2.03. The fourth-order valence-electron chi connectivity index (χ4n) is 1.75. The maximum atomic E-state index is 12.5. The molecule has 0 aliphatic heterocycles. The number of hydrogen-bond acceptors (Lipinski definition) is 4. The molecule has 0 fully saturated rings. The minimum absolute atomic E-state index is 0.0866. The Kier molecular flexibility index (Phi) is 5.13. The average molecular weight is 295 g/mol. The third kappa shape index (κ3) is 3.89. The van der Waals surface area contributed by atoms with Crippen molar-refractivity contribution in [2.24, 2.45) is 0 Å². The summed E-state index contributed by atoms with van der Waals surface area (Å²) >= 11 is 3.21. The van der Waals surface area contributed by atoms with Crippen LogP contribution < -0.4 is 0 Å². The first-order chi connectivity index (χ1) is 9.20. The quantitative estimate of drug-likeness (QED) is 0.817. The van der Waals surface area contributed by atoms with Crippen molar-refractivity contribution in [2.45, 2.75) is 13.5 Å². The second kappa shape index (κ2) is 6.84. The molecule has 0 radical (unpaired) electrons. The first-order valence-electron chi connectivity index (χ1n) is 6.07. The molecule has 0 bridgehead atoms. The van der Waals surface area contributed by atoms with E-state index in [1.54, 1.807) is 29.8 Å². The molecule has 0 spiro atoms. The number of aryl methyl sites for hydroxylation is 1. The van der Waals surface area contributed by atoms with E-state index in [4.69, 9.17) is 4.74 Å². The summed E-state index contributed by atoms with van der Waals surface area (Å²) in [4.78, 5) is 17.5. The van der Waals surface area contributed by atoms with Crippen LogP contribution in [0.1, 0.15) is 19.4 Å². The molecule has 0 unspecified atom stereocenters. The fourth-order valence-corrected chi connectivity index (χ4v) is 3.30. The van der Waals surface area contributed by atoms with Crippen LogP contribution >= 0.6 is 22.7 Å². The number of carbonyl (C=O) groups is 1. The molecule has 0 aliphatic rings.